The number of hydrogen-bond acceptors (Lipinski definition) is 4. The first-order chi connectivity index (χ1) is 16.8. The van der Waals surface area contributed by atoms with E-state index in [4.69, 9.17) is 0 Å². The van der Waals surface area contributed by atoms with Crippen LogP contribution in [0, 0.1) is 11.8 Å². The van der Waals surface area contributed by atoms with Crippen molar-refractivity contribution in [2.75, 3.05) is 6.54 Å². The number of nitrogens with one attached hydrogen (secondary N) is 1. The summed E-state index contributed by atoms with van der Waals surface area (Å²) in [5.74, 6) is -1.38. The van der Waals surface area contributed by atoms with Crippen LogP contribution < -0.4 is 5.32 Å². The predicted molar refractivity (Wildman–Crippen MR) is 136 cm³/mol. The monoisotopic (exact) mass is 543 g/mol. The van der Waals surface area contributed by atoms with Gasteiger partial charge in [0.2, 0.25) is 23.6 Å². The van der Waals surface area contributed by atoms with Gasteiger partial charge in [-0.3, -0.25) is 24.1 Å². The Morgan fingerprint density at radius 3 is 2.37 bits per heavy atom. The summed E-state index contributed by atoms with van der Waals surface area (Å²) in [7, 11) is 0. The van der Waals surface area contributed by atoms with Gasteiger partial charge < -0.3 is 10.2 Å². The van der Waals surface area contributed by atoms with Gasteiger partial charge in [-0.1, -0.05) is 59.5 Å². The fourth-order valence-electron chi connectivity index (χ4n) is 5.42. The zero-order valence-corrected chi connectivity index (χ0v) is 21.8. The minimum absolute atomic E-state index is 0.000595. The van der Waals surface area contributed by atoms with Crippen molar-refractivity contribution >= 4 is 39.6 Å². The molecule has 0 aromatic heterocycles. The molecular weight excluding hydrogens is 510 g/mol. The molecule has 2 aliphatic carbocycles. The minimum Gasteiger partial charge on any atom is -0.352 e. The van der Waals surface area contributed by atoms with Gasteiger partial charge in [-0.15, -0.1) is 0 Å². The van der Waals surface area contributed by atoms with Gasteiger partial charge in [-0.25, -0.2) is 0 Å². The van der Waals surface area contributed by atoms with Gasteiger partial charge in [0.1, 0.15) is 6.04 Å². The molecule has 1 aromatic carbocycles. The van der Waals surface area contributed by atoms with E-state index in [2.05, 4.69) is 21.2 Å². The van der Waals surface area contributed by atoms with Gasteiger partial charge in [0.15, 0.2) is 0 Å². The highest BCUT2D eigenvalue weighted by molar-refractivity contribution is 9.10. The molecule has 7 nitrogen and oxygen atoms in total. The smallest absolute Gasteiger partial charge is 0.242 e. The molecule has 3 atom stereocenters. The number of allylic oxidation sites excluding steroid dienone is 2. The van der Waals surface area contributed by atoms with Crippen LogP contribution in [0.5, 0.6) is 0 Å². The summed E-state index contributed by atoms with van der Waals surface area (Å²) in [6.45, 7) is 2.07. The van der Waals surface area contributed by atoms with Crippen LogP contribution >= 0.6 is 15.9 Å². The lowest BCUT2D eigenvalue weighted by atomic mass is 9.85. The molecule has 1 saturated carbocycles. The van der Waals surface area contributed by atoms with E-state index in [1.807, 2.05) is 36.4 Å². The SMILES string of the molecule is C[C@@H](C(=O)NC1CCCCC1)N(Cc1cccc(Br)c1)C(=O)CCN1C(=O)[C@H]2CC=CC[C@H]2C1=O. The second-order valence-electron chi connectivity index (χ2n) is 9.90. The molecule has 2 fully saturated rings. The van der Waals surface area contributed by atoms with Crippen LogP contribution in [0.15, 0.2) is 40.9 Å². The van der Waals surface area contributed by atoms with E-state index in [1.54, 1.807) is 11.8 Å². The largest absolute Gasteiger partial charge is 0.352 e. The van der Waals surface area contributed by atoms with E-state index in [-0.39, 0.29) is 61.0 Å². The standard InChI is InChI=1S/C27H34BrN3O4/c1-18(25(33)29-21-10-3-2-4-11-21)31(17-19-8-7-9-20(28)16-19)24(32)14-15-30-26(34)22-12-5-6-13-23(22)27(30)35/h5-9,16,18,21-23H,2-4,10-15,17H2,1H3,(H,29,33)/t18-,22-,23+/m0/s1. The van der Waals surface area contributed by atoms with E-state index in [0.717, 1.165) is 35.7 Å². The number of halogens is 1. The van der Waals surface area contributed by atoms with Crippen LogP contribution in [0.4, 0.5) is 0 Å². The molecule has 1 aliphatic heterocycles. The molecule has 0 radical (unpaired) electrons. The van der Waals surface area contributed by atoms with Crippen molar-refractivity contribution in [2.24, 2.45) is 11.8 Å². The molecule has 0 bridgehead atoms. The second-order valence-corrected chi connectivity index (χ2v) is 10.8. The van der Waals surface area contributed by atoms with E-state index < -0.39 is 6.04 Å². The molecule has 1 saturated heterocycles. The Balaban J connectivity index is 1.44. The lowest BCUT2D eigenvalue weighted by Crippen LogP contribution is -2.51. The number of likely N-dealkylation sites (tertiary alicyclic amines) is 1. The summed E-state index contributed by atoms with van der Waals surface area (Å²) < 4.78 is 0.895. The predicted octanol–water partition coefficient (Wildman–Crippen LogP) is 3.96. The highest BCUT2D eigenvalue weighted by Crippen LogP contribution is 2.35. The fraction of sp³-hybridized carbons (Fsp3) is 0.556. The Bertz CT molecular complexity index is 978. The Morgan fingerprint density at radius 1 is 1.09 bits per heavy atom. The van der Waals surface area contributed by atoms with Crippen LogP contribution in [-0.4, -0.2) is 52.1 Å². The van der Waals surface area contributed by atoms with Crippen LogP contribution in [0.1, 0.15) is 63.9 Å². The van der Waals surface area contributed by atoms with Crippen molar-refractivity contribution in [1.29, 1.82) is 0 Å². The van der Waals surface area contributed by atoms with Crippen LogP contribution in [0.2, 0.25) is 0 Å². The first kappa shape index (κ1) is 25.6. The fourth-order valence-corrected chi connectivity index (χ4v) is 5.87. The van der Waals surface area contributed by atoms with Crippen molar-refractivity contribution in [2.45, 2.75) is 76.9 Å². The van der Waals surface area contributed by atoms with E-state index in [0.29, 0.717) is 12.8 Å². The maximum Gasteiger partial charge on any atom is 0.242 e. The summed E-state index contributed by atoms with van der Waals surface area (Å²) in [5.41, 5.74) is 0.899. The first-order valence-electron chi connectivity index (χ1n) is 12.7. The van der Waals surface area contributed by atoms with Crippen molar-refractivity contribution in [1.82, 2.24) is 15.1 Å². The van der Waals surface area contributed by atoms with Gasteiger partial charge in [0, 0.05) is 30.0 Å². The second kappa shape index (κ2) is 11.5. The van der Waals surface area contributed by atoms with Gasteiger partial charge in [0.05, 0.1) is 11.8 Å². The van der Waals surface area contributed by atoms with Crippen molar-refractivity contribution < 1.29 is 19.2 Å². The van der Waals surface area contributed by atoms with Crippen molar-refractivity contribution in [3.63, 3.8) is 0 Å². The third-order valence-electron chi connectivity index (χ3n) is 7.51. The molecule has 4 rings (SSSR count). The zero-order valence-electron chi connectivity index (χ0n) is 20.2. The lowest BCUT2D eigenvalue weighted by Gasteiger charge is -2.31. The van der Waals surface area contributed by atoms with Crippen LogP contribution in [-0.2, 0) is 25.7 Å². The number of nitrogens with zero attached hydrogens (tertiary/aromatic N) is 2. The number of amides is 4. The molecule has 188 valence electrons. The number of benzene rings is 1. The third kappa shape index (κ3) is 6.02. The molecule has 0 spiro atoms. The first-order valence-corrected chi connectivity index (χ1v) is 13.5. The molecule has 4 amide bonds. The third-order valence-corrected chi connectivity index (χ3v) is 8.00. The summed E-state index contributed by atoms with van der Waals surface area (Å²) in [6.07, 6.45) is 10.4. The normalized spacial score (nSPS) is 23.2. The molecule has 0 unspecified atom stereocenters. The van der Waals surface area contributed by atoms with Crippen LogP contribution in [0.3, 0.4) is 0 Å². The average molecular weight is 544 g/mol. The number of rotatable bonds is 8. The number of carbonyl (C=O) groups excluding carboxylic acids is 4. The van der Waals surface area contributed by atoms with E-state index in [9.17, 15) is 19.2 Å². The quantitative estimate of drug-likeness (QED) is 0.397. The maximum absolute atomic E-state index is 13.4. The van der Waals surface area contributed by atoms with Gasteiger partial charge in [-0.2, -0.15) is 0 Å². The Morgan fingerprint density at radius 2 is 1.74 bits per heavy atom. The maximum atomic E-state index is 13.4. The molecule has 1 aromatic rings. The summed E-state index contributed by atoms with van der Waals surface area (Å²) in [4.78, 5) is 55.0. The molecule has 1 N–H and O–H groups in total. The zero-order chi connectivity index (χ0) is 24.9. The average Bonchev–Trinajstić information content (AvgIpc) is 3.10. The number of carbonyl (C=O) groups is 4. The van der Waals surface area contributed by atoms with Gasteiger partial charge >= 0.3 is 0 Å². The van der Waals surface area contributed by atoms with E-state index in [1.165, 1.54) is 11.3 Å². The Kier molecular flexibility index (Phi) is 8.42. The molecule has 35 heavy (non-hydrogen) atoms. The highest BCUT2D eigenvalue weighted by atomic mass is 79.9. The number of imide groups is 1. The number of fused-ring (bicyclic) bond motifs is 1. The lowest BCUT2D eigenvalue weighted by molar-refractivity contribution is -0.144. The topological polar surface area (TPSA) is 86.8 Å². The Labute approximate surface area is 215 Å². The summed E-state index contributed by atoms with van der Waals surface area (Å²) in [6, 6.07) is 7.14. The number of hydrogen-bond donors (Lipinski definition) is 1. The summed E-state index contributed by atoms with van der Waals surface area (Å²) >= 11 is 3.47. The minimum atomic E-state index is -0.667. The molecule has 8 heteroatoms. The van der Waals surface area contributed by atoms with Crippen molar-refractivity contribution in [3.05, 3.63) is 46.5 Å². The highest BCUT2D eigenvalue weighted by Gasteiger charge is 2.47. The van der Waals surface area contributed by atoms with Gasteiger partial charge in [-0.05, 0) is 50.3 Å². The van der Waals surface area contributed by atoms with Crippen LogP contribution in [0.25, 0.3) is 0 Å². The Hall–Kier alpha value is -2.48. The molecule has 1 heterocycles. The van der Waals surface area contributed by atoms with Gasteiger partial charge in [0.25, 0.3) is 0 Å². The van der Waals surface area contributed by atoms with E-state index >= 15 is 0 Å². The van der Waals surface area contributed by atoms with Crippen molar-refractivity contribution in [3.8, 4) is 0 Å². The molecular formula is C27H34BrN3O4. The molecule has 3 aliphatic rings. The summed E-state index contributed by atoms with van der Waals surface area (Å²) in [5, 5.41) is 3.13.